The third kappa shape index (κ3) is 3.11. The fraction of sp³-hybridized carbons (Fsp3) is 0.294. The van der Waals surface area contributed by atoms with Crippen molar-refractivity contribution in [3.63, 3.8) is 0 Å². The van der Waals surface area contributed by atoms with E-state index < -0.39 is 0 Å². The number of amides is 1. The summed E-state index contributed by atoms with van der Waals surface area (Å²) in [6.07, 6.45) is 5.35. The molecule has 0 fully saturated rings. The number of anilines is 1. The number of para-hydroxylation sites is 1. The van der Waals surface area contributed by atoms with Crippen LogP contribution in [0.1, 0.15) is 23.1 Å². The fourth-order valence-electron chi connectivity index (χ4n) is 2.62. The minimum Gasteiger partial charge on any atom is -0.324 e. The monoisotopic (exact) mass is 281 g/mol. The summed E-state index contributed by atoms with van der Waals surface area (Å²) < 4.78 is 0. The van der Waals surface area contributed by atoms with E-state index in [1.807, 2.05) is 30.5 Å². The van der Waals surface area contributed by atoms with Gasteiger partial charge in [-0.1, -0.05) is 18.2 Å². The minimum atomic E-state index is -0.169. The van der Waals surface area contributed by atoms with Crippen LogP contribution in [0.2, 0.25) is 0 Å². The van der Waals surface area contributed by atoms with Crippen molar-refractivity contribution in [1.82, 2.24) is 10.3 Å². The topological polar surface area (TPSA) is 54.0 Å². The number of fused-ring (bicyclic) bond motifs is 1. The van der Waals surface area contributed by atoms with E-state index in [0.717, 1.165) is 24.1 Å². The number of hydrogen-bond acceptors (Lipinski definition) is 3. The van der Waals surface area contributed by atoms with Crippen molar-refractivity contribution in [2.75, 3.05) is 5.32 Å². The van der Waals surface area contributed by atoms with Gasteiger partial charge in [0.2, 0.25) is 5.91 Å². The summed E-state index contributed by atoms with van der Waals surface area (Å²) in [6, 6.07) is 9.81. The zero-order valence-corrected chi connectivity index (χ0v) is 12.1. The van der Waals surface area contributed by atoms with Crippen LogP contribution >= 0.6 is 0 Å². The lowest BCUT2D eigenvalue weighted by molar-refractivity contribution is -0.118. The highest BCUT2D eigenvalue weighted by molar-refractivity contribution is 5.96. The van der Waals surface area contributed by atoms with Crippen molar-refractivity contribution in [1.29, 1.82) is 0 Å². The third-order valence-corrected chi connectivity index (χ3v) is 3.98. The quantitative estimate of drug-likeness (QED) is 0.908. The Kier molecular flexibility index (Phi) is 3.97. The molecule has 3 rings (SSSR count). The molecular weight excluding hydrogens is 262 g/mol. The summed E-state index contributed by atoms with van der Waals surface area (Å²) in [4.78, 5) is 16.4. The first-order valence-corrected chi connectivity index (χ1v) is 7.25. The Labute approximate surface area is 124 Å². The molecule has 1 amide bonds. The molecule has 1 unspecified atom stereocenters. The summed E-state index contributed by atoms with van der Waals surface area (Å²) in [5, 5.41) is 6.36. The number of nitrogens with one attached hydrogen (secondary N) is 2. The van der Waals surface area contributed by atoms with E-state index >= 15 is 0 Å². The van der Waals surface area contributed by atoms with Crippen LogP contribution in [0.5, 0.6) is 0 Å². The van der Waals surface area contributed by atoms with Crippen molar-refractivity contribution in [3.05, 3.63) is 59.4 Å². The second-order valence-electron chi connectivity index (χ2n) is 5.42. The molecule has 0 saturated carbocycles. The number of benzene rings is 1. The Morgan fingerprint density at radius 1 is 1.33 bits per heavy atom. The smallest absolute Gasteiger partial charge is 0.241 e. The molecule has 4 heteroatoms. The van der Waals surface area contributed by atoms with Gasteiger partial charge in [-0.3, -0.25) is 9.78 Å². The van der Waals surface area contributed by atoms with Crippen LogP contribution in [-0.2, 0) is 17.8 Å². The molecule has 0 bridgehead atoms. The van der Waals surface area contributed by atoms with Crippen molar-refractivity contribution >= 4 is 11.6 Å². The Hall–Kier alpha value is -2.20. The van der Waals surface area contributed by atoms with Crippen LogP contribution in [0.4, 0.5) is 5.69 Å². The van der Waals surface area contributed by atoms with E-state index in [2.05, 4.69) is 28.6 Å². The van der Waals surface area contributed by atoms with Gasteiger partial charge in [-0.15, -0.1) is 0 Å². The Bertz CT molecular complexity index is 654. The Morgan fingerprint density at radius 3 is 3.05 bits per heavy atom. The predicted molar refractivity (Wildman–Crippen MR) is 83.0 cm³/mol. The van der Waals surface area contributed by atoms with Gasteiger partial charge in [-0.2, -0.15) is 0 Å². The van der Waals surface area contributed by atoms with Crippen LogP contribution in [0.15, 0.2) is 42.7 Å². The first kappa shape index (κ1) is 13.8. The number of aromatic nitrogens is 1. The number of hydrogen-bond donors (Lipinski definition) is 2. The standard InChI is InChI=1S/C17H19N3O/c1-12-8-9-18-10-14(12)11-19-16-7-6-13-4-2-3-5-15(13)20-17(16)21/h2-5,8-10,16,19H,6-7,11H2,1H3,(H,20,21). The van der Waals surface area contributed by atoms with E-state index in [1.165, 1.54) is 11.1 Å². The zero-order chi connectivity index (χ0) is 14.7. The van der Waals surface area contributed by atoms with E-state index in [1.54, 1.807) is 6.20 Å². The first-order valence-electron chi connectivity index (χ1n) is 7.25. The largest absolute Gasteiger partial charge is 0.324 e. The van der Waals surface area contributed by atoms with Crippen molar-refractivity contribution in [2.45, 2.75) is 32.4 Å². The van der Waals surface area contributed by atoms with Crippen LogP contribution in [0, 0.1) is 6.92 Å². The SMILES string of the molecule is Cc1ccncc1CNC1CCc2ccccc2NC1=O. The highest BCUT2D eigenvalue weighted by atomic mass is 16.2. The lowest BCUT2D eigenvalue weighted by Crippen LogP contribution is -2.39. The predicted octanol–water partition coefficient (Wildman–Crippen LogP) is 2.43. The molecule has 1 aliphatic rings. The van der Waals surface area contributed by atoms with Crippen LogP contribution in [0.25, 0.3) is 0 Å². The summed E-state index contributed by atoms with van der Waals surface area (Å²) in [5.41, 5.74) is 4.46. The Morgan fingerprint density at radius 2 is 2.19 bits per heavy atom. The molecule has 0 saturated heterocycles. The fourth-order valence-corrected chi connectivity index (χ4v) is 2.62. The average molecular weight is 281 g/mol. The van der Waals surface area contributed by atoms with Crippen molar-refractivity contribution in [3.8, 4) is 0 Å². The van der Waals surface area contributed by atoms with E-state index in [4.69, 9.17) is 0 Å². The van der Waals surface area contributed by atoms with Gasteiger partial charge >= 0.3 is 0 Å². The summed E-state index contributed by atoms with van der Waals surface area (Å²) in [7, 11) is 0. The molecule has 1 atom stereocenters. The van der Waals surface area contributed by atoms with Gasteiger partial charge in [-0.25, -0.2) is 0 Å². The number of carbonyl (C=O) groups is 1. The molecule has 108 valence electrons. The molecule has 2 N–H and O–H groups in total. The molecule has 0 radical (unpaired) electrons. The lowest BCUT2D eigenvalue weighted by atomic mass is 10.1. The first-order chi connectivity index (χ1) is 10.2. The third-order valence-electron chi connectivity index (χ3n) is 3.98. The van der Waals surface area contributed by atoms with Gasteiger partial charge in [0.05, 0.1) is 6.04 Å². The molecule has 1 aromatic heterocycles. The zero-order valence-electron chi connectivity index (χ0n) is 12.1. The highest BCUT2D eigenvalue weighted by Crippen LogP contribution is 2.21. The van der Waals surface area contributed by atoms with Crippen molar-refractivity contribution < 1.29 is 4.79 Å². The van der Waals surface area contributed by atoms with Crippen molar-refractivity contribution in [2.24, 2.45) is 0 Å². The molecule has 4 nitrogen and oxygen atoms in total. The lowest BCUT2D eigenvalue weighted by Gasteiger charge is -2.16. The van der Waals surface area contributed by atoms with Crippen LogP contribution in [-0.4, -0.2) is 16.9 Å². The molecule has 2 heterocycles. The van der Waals surface area contributed by atoms with Crippen LogP contribution in [0.3, 0.4) is 0 Å². The van der Waals surface area contributed by atoms with Gasteiger partial charge < -0.3 is 10.6 Å². The second kappa shape index (κ2) is 6.06. The maximum absolute atomic E-state index is 12.3. The number of carbonyl (C=O) groups excluding carboxylic acids is 1. The van der Waals surface area contributed by atoms with E-state index in [9.17, 15) is 4.79 Å². The number of pyridine rings is 1. The number of rotatable bonds is 3. The number of aryl methyl sites for hydroxylation is 2. The van der Waals surface area contributed by atoms with Gasteiger partial charge in [0.15, 0.2) is 0 Å². The van der Waals surface area contributed by atoms with Gasteiger partial charge in [-0.05, 0) is 48.6 Å². The normalized spacial score (nSPS) is 17.8. The number of nitrogens with zero attached hydrogens (tertiary/aromatic N) is 1. The van der Waals surface area contributed by atoms with Crippen LogP contribution < -0.4 is 10.6 Å². The maximum Gasteiger partial charge on any atom is 0.241 e. The maximum atomic E-state index is 12.3. The highest BCUT2D eigenvalue weighted by Gasteiger charge is 2.22. The molecule has 1 aliphatic heterocycles. The summed E-state index contributed by atoms with van der Waals surface area (Å²) in [6.45, 7) is 2.72. The molecule has 21 heavy (non-hydrogen) atoms. The molecule has 1 aromatic carbocycles. The summed E-state index contributed by atoms with van der Waals surface area (Å²) in [5.74, 6) is 0.0430. The van der Waals surface area contributed by atoms with E-state index in [0.29, 0.717) is 6.54 Å². The Balaban J connectivity index is 1.68. The minimum absolute atomic E-state index is 0.0430. The second-order valence-corrected chi connectivity index (χ2v) is 5.42. The summed E-state index contributed by atoms with van der Waals surface area (Å²) >= 11 is 0. The molecular formula is C17H19N3O. The molecule has 0 spiro atoms. The average Bonchev–Trinajstić information content (AvgIpc) is 2.65. The van der Waals surface area contributed by atoms with Gasteiger partial charge in [0, 0.05) is 24.6 Å². The van der Waals surface area contributed by atoms with Gasteiger partial charge in [0.1, 0.15) is 0 Å². The van der Waals surface area contributed by atoms with Gasteiger partial charge in [0.25, 0.3) is 0 Å². The molecule has 2 aromatic rings. The molecule has 0 aliphatic carbocycles. The van der Waals surface area contributed by atoms with E-state index in [-0.39, 0.29) is 11.9 Å².